The smallest absolute Gasteiger partial charge is 0.238 e. The van der Waals surface area contributed by atoms with Crippen molar-refractivity contribution in [2.24, 2.45) is 5.92 Å². The van der Waals surface area contributed by atoms with E-state index >= 15 is 0 Å². The van der Waals surface area contributed by atoms with Gasteiger partial charge in [-0.05, 0) is 25.2 Å². The van der Waals surface area contributed by atoms with Crippen LogP contribution in [0.1, 0.15) is 32.1 Å². The predicted octanol–water partition coefficient (Wildman–Crippen LogP) is 0.617. The first-order chi connectivity index (χ1) is 7.24. The summed E-state index contributed by atoms with van der Waals surface area (Å²) < 4.78 is 0. The molecule has 4 nitrogen and oxygen atoms in total. The van der Waals surface area contributed by atoms with E-state index < -0.39 is 0 Å². The van der Waals surface area contributed by atoms with E-state index in [0.29, 0.717) is 25.4 Å². The van der Waals surface area contributed by atoms with Crippen LogP contribution in [0.3, 0.4) is 0 Å². The molecule has 2 fully saturated rings. The number of hydrogen-bond donors (Lipinski definition) is 1. The first kappa shape index (κ1) is 10.9. The topological polar surface area (TPSA) is 43.8 Å². The first-order valence-electron chi connectivity index (χ1n) is 5.88. The first-order valence-corrected chi connectivity index (χ1v) is 5.88. The Morgan fingerprint density at radius 3 is 2.73 bits per heavy atom. The van der Waals surface area contributed by atoms with E-state index in [1.807, 2.05) is 7.05 Å². The number of aliphatic hydroxyl groups excluding tert-OH is 1. The molecule has 15 heavy (non-hydrogen) atoms. The largest absolute Gasteiger partial charge is 0.396 e. The SMILES string of the molecule is CN1C(C2CCC2)CC(=O)N1CCCO. The molecule has 0 radical (unpaired) electrons. The van der Waals surface area contributed by atoms with Crippen LogP contribution in [0, 0.1) is 5.92 Å². The Morgan fingerprint density at radius 2 is 2.20 bits per heavy atom. The Bertz CT molecular complexity index is 241. The number of hydrogen-bond acceptors (Lipinski definition) is 3. The van der Waals surface area contributed by atoms with Crippen molar-refractivity contribution in [2.75, 3.05) is 20.2 Å². The fourth-order valence-electron chi connectivity index (χ4n) is 2.57. The standard InChI is InChI=1S/C11H20N2O2/c1-12-10(9-4-2-5-9)8-11(15)13(12)6-3-7-14/h9-10,14H,2-8H2,1H3. The molecule has 4 heteroatoms. The highest BCUT2D eigenvalue weighted by molar-refractivity contribution is 5.78. The Kier molecular flexibility index (Phi) is 3.26. The van der Waals surface area contributed by atoms with Crippen LogP contribution in [0.2, 0.25) is 0 Å². The molecule has 1 N–H and O–H groups in total. The van der Waals surface area contributed by atoms with E-state index in [2.05, 4.69) is 5.01 Å². The van der Waals surface area contributed by atoms with Crippen molar-refractivity contribution < 1.29 is 9.90 Å². The zero-order chi connectivity index (χ0) is 10.8. The third kappa shape index (κ3) is 2.01. The van der Waals surface area contributed by atoms with Crippen molar-refractivity contribution in [1.29, 1.82) is 0 Å². The summed E-state index contributed by atoms with van der Waals surface area (Å²) in [6.45, 7) is 0.820. The summed E-state index contributed by atoms with van der Waals surface area (Å²) in [6, 6.07) is 0.421. The van der Waals surface area contributed by atoms with Gasteiger partial charge in [0.15, 0.2) is 0 Å². The maximum absolute atomic E-state index is 11.7. The van der Waals surface area contributed by atoms with Crippen molar-refractivity contribution in [3.63, 3.8) is 0 Å². The second-order valence-electron chi connectivity index (χ2n) is 4.63. The van der Waals surface area contributed by atoms with Gasteiger partial charge in [0.05, 0.1) is 0 Å². The van der Waals surface area contributed by atoms with E-state index in [-0.39, 0.29) is 12.5 Å². The highest BCUT2D eigenvalue weighted by atomic mass is 16.3. The molecule has 0 spiro atoms. The molecular formula is C11H20N2O2. The summed E-state index contributed by atoms with van der Waals surface area (Å²) in [6.07, 6.45) is 5.21. The summed E-state index contributed by atoms with van der Waals surface area (Å²) in [5, 5.41) is 12.7. The van der Waals surface area contributed by atoms with E-state index in [1.54, 1.807) is 5.01 Å². The van der Waals surface area contributed by atoms with Gasteiger partial charge in [-0.3, -0.25) is 9.80 Å². The van der Waals surface area contributed by atoms with Gasteiger partial charge in [-0.15, -0.1) is 0 Å². The highest BCUT2D eigenvalue weighted by Gasteiger charge is 2.40. The van der Waals surface area contributed by atoms with Crippen LogP contribution in [0.4, 0.5) is 0 Å². The van der Waals surface area contributed by atoms with Crippen LogP contribution < -0.4 is 0 Å². The Hall–Kier alpha value is -0.610. The van der Waals surface area contributed by atoms with Crippen molar-refractivity contribution in [1.82, 2.24) is 10.0 Å². The summed E-state index contributed by atoms with van der Waals surface area (Å²) in [7, 11) is 2.01. The van der Waals surface area contributed by atoms with Crippen LogP contribution in [-0.4, -0.2) is 47.3 Å². The zero-order valence-electron chi connectivity index (χ0n) is 9.35. The Morgan fingerprint density at radius 1 is 1.47 bits per heavy atom. The second-order valence-corrected chi connectivity index (χ2v) is 4.63. The summed E-state index contributed by atoms with van der Waals surface area (Å²) in [5.41, 5.74) is 0. The number of rotatable bonds is 4. The van der Waals surface area contributed by atoms with Crippen LogP contribution in [-0.2, 0) is 4.79 Å². The average Bonchev–Trinajstić information content (AvgIpc) is 2.38. The molecule has 1 aliphatic carbocycles. The molecule has 1 saturated heterocycles. The van der Waals surface area contributed by atoms with Gasteiger partial charge in [-0.2, -0.15) is 0 Å². The molecule has 0 aromatic rings. The van der Waals surface area contributed by atoms with Crippen LogP contribution in [0.5, 0.6) is 0 Å². The third-order valence-corrected chi connectivity index (χ3v) is 3.75. The quantitative estimate of drug-likeness (QED) is 0.743. The summed E-state index contributed by atoms with van der Waals surface area (Å²) >= 11 is 0. The summed E-state index contributed by atoms with van der Waals surface area (Å²) in [4.78, 5) is 11.7. The highest BCUT2D eigenvalue weighted by Crippen LogP contribution is 2.36. The van der Waals surface area contributed by atoms with Crippen LogP contribution in [0.15, 0.2) is 0 Å². The minimum absolute atomic E-state index is 0.158. The molecule has 2 aliphatic rings. The molecule has 1 amide bonds. The van der Waals surface area contributed by atoms with E-state index in [1.165, 1.54) is 19.3 Å². The third-order valence-electron chi connectivity index (χ3n) is 3.75. The average molecular weight is 212 g/mol. The molecule has 1 saturated carbocycles. The molecule has 0 bridgehead atoms. The molecule has 1 unspecified atom stereocenters. The van der Waals surface area contributed by atoms with E-state index in [4.69, 9.17) is 5.11 Å². The van der Waals surface area contributed by atoms with Crippen molar-refractivity contribution in [3.8, 4) is 0 Å². The second kappa shape index (κ2) is 4.49. The lowest BCUT2D eigenvalue weighted by Gasteiger charge is -2.37. The molecule has 86 valence electrons. The maximum Gasteiger partial charge on any atom is 0.238 e. The van der Waals surface area contributed by atoms with Gasteiger partial charge in [0, 0.05) is 32.7 Å². The van der Waals surface area contributed by atoms with E-state index in [0.717, 1.165) is 5.92 Å². The monoisotopic (exact) mass is 212 g/mol. The van der Waals surface area contributed by atoms with Gasteiger partial charge in [0.1, 0.15) is 0 Å². The molecule has 1 atom stereocenters. The lowest BCUT2D eigenvalue weighted by atomic mass is 9.79. The van der Waals surface area contributed by atoms with Gasteiger partial charge < -0.3 is 5.11 Å². The van der Waals surface area contributed by atoms with Crippen LogP contribution in [0.25, 0.3) is 0 Å². The van der Waals surface area contributed by atoms with Gasteiger partial charge >= 0.3 is 0 Å². The normalized spacial score (nSPS) is 28.5. The van der Waals surface area contributed by atoms with Gasteiger partial charge in [0.25, 0.3) is 0 Å². The Balaban J connectivity index is 1.92. The molecule has 0 aromatic carbocycles. The van der Waals surface area contributed by atoms with Crippen LogP contribution >= 0.6 is 0 Å². The lowest BCUT2D eigenvalue weighted by molar-refractivity contribution is -0.137. The lowest BCUT2D eigenvalue weighted by Crippen LogP contribution is -2.44. The van der Waals surface area contributed by atoms with Crippen molar-refractivity contribution in [3.05, 3.63) is 0 Å². The minimum Gasteiger partial charge on any atom is -0.396 e. The molecule has 0 aromatic heterocycles. The number of aliphatic hydroxyl groups is 1. The molecular weight excluding hydrogens is 192 g/mol. The number of amides is 1. The maximum atomic E-state index is 11.7. The number of nitrogens with zero attached hydrogens (tertiary/aromatic N) is 2. The van der Waals surface area contributed by atoms with E-state index in [9.17, 15) is 4.79 Å². The molecule has 1 aliphatic heterocycles. The van der Waals surface area contributed by atoms with Gasteiger partial charge in [0.2, 0.25) is 5.91 Å². The summed E-state index contributed by atoms with van der Waals surface area (Å²) in [5.74, 6) is 0.945. The van der Waals surface area contributed by atoms with Crippen molar-refractivity contribution >= 4 is 5.91 Å². The minimum atomic E-state index is 0.158. The fraction of sp³-hybridized carbons (Fsp3) is 0.909. The fourth-order valence-corrected chi connectivity index (χ4v) is 2.57. The van der Waals surface area contributed by atoms with Gasteiger partial charge in [-0.25, -0.2) is 5.01 Å². The number of carbonyl (C=O) groups excluding carboxylic acids is 1. The Labute approximate surface area is 90.8 Å². The zero-order valence-corrected chi connectivity index (χ0v) is 9.35. The number of carbonyl (C=O) groups is 1. The van der Waals surface area contributed by atoms with Gasteiger partial charge in [-0.1, -0.05) is 6.42 Å². The number of hydrazine groups is 1. The molecule has 1 heterocycles. The van der Waals surface area contributed by atoms with Crippen molar-refractivity contribution in [2.45, 2.75) is 38.1 Å². The predicted molar refractivity (Wildman–Crippen MR) is 56.9 cm³/mol. The molecule has 2 rings (SSSR count).